The van der Waals surface area contributed by atoms with Gasteiger partial charge < -0.3 is 29.5 Å². The third-order valence-electron chi connectivity index (χ3n) is 12.2. The molecule has 0 heterocycles. The lowest BCUT2D eigenvalue weighted by molar-refractivity contribution is -0.193. The molecule has 0 radical (unpaired) electrons. The zero-order valence-corrected chi connectivity index (χ0v) is 29.3. The fourth-order valence-corrected chi connectivity index (χ4v) is 9.08. The fraction of sp³-hybridized carbons (Fsp3) is 0.500. The van der Waals surface area contributed by atoms with E-state index in [1.165, 1.54) is 6.08 Å². The lowest BCUT2D eigenvalue weighted by atomic mass is 9.58. The molecule has 10 nitrogen and oxygen atoms in total. The van der Waals surface area contributed by atoms with Crippen LogP contribution in [0.4, 0.5) is 0 Å². The summed E-state index contributed by atoms with van der Waals surface area (Å²) in [6, 6.07) is 16.7. The van der Waals surface area contributed by atoms with Gasteiger partial charge in [0.2, 0.25) is 0 Å². The van der Waals surface area contributed by atoms with Crippen molar-refractivity contribution in [3.63, 3.8) is 0 Å². The monoisotopic (exact) mass is 686 g/mol. The van der Waals surface area contributed by atoms with Crippen LogP contribution in [0, 0.1) is 40.4 Å². The predicted octanol–water partition coefficient (Wildman–Crippen LogP) is 4.47. The molecule has 2 aromatic carbocycles. The average molecular weight is 687 g/mol. The van der Waals surface area contributed by atoms with Gasteiger partial charge in [0.1, 0.15) is 18.3 Å². The molecule has 266 valence electrons. The Morgan fingerprint density at radius 3 is 2.10 bits per heavy atom. The number of allylic oxidation sites excluding steroid dienone is 1. The minimum Gasteiger partial charge on any atom is -0.461 e. The SMILES string of the molecule is CC1=C[C@]23C(=O)[C@@H](C=C(CO)[C@@H](O)[C@]2(O)[C@H]1OC(=O)c1ccccc1)[C@@H]1[C@](C)(COC(=O)c2ccccc2)[C@@]1(OC(=O)C(C)C(C)C)C[C@H]3C. The maximum atomic E-state index is 15.2. The molecule has 1 unspecified atom stereocenters. The number of Topliss-reactive ketones (excluding diaryl/α,β-unsaturated/α-hetero) is 1. The number of carbonyl (C=O) groups excluding carboxylic acids is 4. The van der Waals surface area contributed by atoms with Crippen molar-refractivity contribution in [2.24, 2.45) is 40.4 Å². The van der Waals surface area contributed by atoms with E-state index in [-0.39, 0.29) is 30.1 Å². The molecule has 6 rings (SSSR count). The zero-order chi connectivity index (χ0) is 36.4. The lowest BCUT2D eigenvalue weighted by Crippen LogP contribution is -2.66. The summed E-state index contributed by atoms with van der Waals surface area (Å²) in [5, 5.41) is 35.5. The van der Waals surface area contributed by atoms with Gasteiger partial charge in [-0.2, -0.15) is 0 Å². The number of aliphatic hydroxyl groups excluding tert-OH is 2. The van der Waals surface area contributed by atoms with E-state index in [0.717, 1.165) is 0 Å². The normalized spacial score (nSPS) is 36.1. The summed E-state index contributed by atoms with van der Waals surface area (Å²) in [5.41, 5.74) is -5.71. The first kappa shape index (κ1) is 35.7. The standard InChI is InChI=1S/C40H46O10/c1-22(2)25(5)34(44)50-39-19-24(4)38-18-23(3)33(49-36(46)27-15-11-8-12-16-27)40(38,47)31(42)28(20-41)17-29(32(38)43)30(39)37(39,6)21-48-35(45)26-13-9-7-10-14-26/h7-18,22,24-25,29-31,33,41-42,47H,19-21H2,1-6H3/t24-,25?,29+,30-,31-,33+,37+,38+,39-,40+/m1/s1. The van der Waals surface area contributed by atoms with Crippen molar-refractivity contribution in [3.05, 3.63) is 95.1 Å². The number of benzene rings is 2. The van der Waals surface area contributed by atoms with E-state index >= 15 is 4.79 Å². The quantitative estimate of drug-likeness (QED) is 0.195. The van der Waals surface area contributed by atoms with E-state index < -0.39 is 88.2 Å². The van der Waals surface area contributed by atoms with Gasteiger partial charge in [0.25, 0.3) is 0 Å². The maximum Gasteiger partial charge on any atom is 0.338 e. The lowest BCUT2D eigenvalue weighted by Gasteiger charge is -2.49. The Labute approximate surface area is 292 Å². The van der Waals surface area contributed by atoms with E-state index in [1.54, 1.807) is 87.5 Å². The van der Waals surface area contributed by atoms with Crippen LogP contribution < -0.4 is 0 Å². The van der Waals surface area contributed by atoms with Gasteiger partial charge >= 0.3 is 17.9 Å². The molecule has 2 aromatic rings. The number of hydrogen-bond acceptors (Lipinski definition) is 10. The van der Waals surface area contributed by atoms with Crippen LogP contribution in [0.15, 0.2) is 84.0 Å². The number of ether oxygens (including phenoxy) is 3. The number of fused-ring (bicyclic) bond motifs is 3. The third-order valence-corrected chi connectivity index (χ3v) is 12.2. The topological polar surface area (TPSA) is 157 Å². The second-order valence-corrected chi connectivity index (χ2v) is 15.2. The Hall–Kier alpha value is -4.12. The molecule has 1 spiro atoms. The number of esters is 3. The first-order valence-electron chi connectivity index (χ1n) is 17.3. The molecule has 4 aliphatic rings. The van der Waals surface area contributed by atoms with Crippen LogP contribution in [0.25, 0.3) is 0 Å². The molecule has 0 amide bonds. The van der Waals surface area contributed by atoms with E-state index in [4.69, 9.17) is 14.2 Å². The summed E-state index contributed by atoms with van der Waals surface area (Å²) in [4.78, 5) is 55.6. The molecular weight excluding hydrogens is 640 g/mol. The number of hydrogen-bond donors (Lipinski definition) is 3. The van der Waals surface area contributed by atoms with Crippen LogP contribution >= 0.6 is 0 Å². The van der Waals surface area contributed by atoms with Gasteiger partial charge in [-0.05, 0) is 60.6 Å². The zero-order valence-electron chi connectivity index (χ0n) is 29.3. The summed E-state index contributed by atoms with van der Waals surface area (Å²) in [6.07, 6.45) is -0.125. The summed E-state index contributed by atoms with van der Waals surface area (Å²) in [7, 11) is 0. The molecule has 3 N–H and O–H groups in total. The highest BCUT2D eigenvalue weighted by atomic mass is 16.6. The molecule has 2 saturated carbocycles. The van der Waals surface area contributed by atoms with Gasteiger partial charge in [-0.1, -0.05) is 83.2 Å². The van der Waals surface area contributed by atoms with Crippen molar-refractivity contribution in [1.82, 2.24) is 0 Å². The maximum absolute atomic E-state index is 15.2. The second kappa shape index (κ2) is 12.6. The molecule has 50 heavy (non-hydrogen) atoms. The van der Waals surface area contributed by atoms with Gasteiger partial charge in [-0.15, -0.1) is 0 Å². The van der Waals surface area contributed by atoms with E-state index in [1.807, 2.05) is 20.8 Å². The van der Waals surface area contributed by atoms with Crippen LogP contribution in [0.1, 0.15) is 68.7 Å². The van der Waals surface area contributed by atoms with Crippen LogP contribution in [-0.2, 0) is 23.8 Å². The van der Waals surface area contributed by atoms with Gasteiger partial charge in [0.05, 0.1) is 29.1 Å². The summed E-state index contributed by atoms with van der Waals surface area (Å²) >= 11 is 0. The van der Waals surface area contributed by atoms with E-state index in [2.05, 4.69) is 0 Å². The Morgan fingerprint density at radius 1 is 0.960 bits per heavy atom. The smallest absolute Gasteiger partial charge is 0.338 e. The Balaban J connectivity index is 1.46. The van der Waals surface area contributed by atoms with E-state index in [0.29, 0.717) is 11.1 Å². The molecule has 10 atom stereocenters. The Bertz CT molecular complexity index is 1750. The van der Waals surface area contributed by atoms with Crippen molar-refractivity contribution >= 4 is 23.7 Å². The van der Waals surface area contributed by atoms with Crippen molar-refractivity contribution in [1.29, 1.82) is 0 Å². The third kappa shape index (κ3) is 5.01. The Morgan fingerprint density at radius 2 is 1.54 bits per heavy atom. The summed E-state index contributed by atoms with van der Waals surface area (Å²) in [5.74, 6) is -5.43. The highest BCUT2D eigenvalue weighted by Gasteiger charge is 2.85. The van der Waals surface area contributed by atoms with Gasteiger partial charge in [0.15, 0.2) is 17.5 Å². The van der Waals surface area contributed by atoms with E-state index in [9.17, 15) is 29.7 Å². The predicted molar refractivity (Wildman–Crippen MR) is 181 cm³/mol. The number of carbonyl (C=O) groups is 4. The van der Waals surface area contributed by atoms with Gasteiger partial charge in [-0.25, -0.2) is 9.59 Å². The summed E-state index contributed by atoms with van der Waals surface area (Å²) in [6.45, 7) is 9.90. The van der Waals surface area contributed by atoms with Gasteiger partial charge in [-0.3, -0.25) is 9.59 Å². The first-order chi connectivity index (χ1) is 23.6. The van der Waals surface area contributed by atoms with Crippen molar-refractivity contribution < 1.29 is 48.7 Å². The van der Waals surface area contributed by atoms with Crippen LogP contribution in [0.2, 0.25) is 0 Å². The van der Waals surface area contributed by atoms with Crippen LogP contribution in [0.5, 0.6) is 0 Å². The van der Waals surface area contributed by atoms with Crippen molar-refractivity contribution in [2.45, 2.75) is 71.4 Å². The minimum absolute atomic E-state index is 0.0306. The first-order valence-corrected chi connectivity index (χ1v) is 17.3. The largest absolute Gasteiger partial charge is 0.461 e. The van der Waals surface area contributed by atoms with Crippen molar-refractivity contribution in [3.8, 4) is 0 Å². The number of rotatable bonds is 9. The van der Waals surface area contributed by atoms with Gasteiger partial charge in [0, 0.05) is 17.3 Å². The fourth-order valence-electron chi connectivity index (χ4n) is 9.08. The highest BCUT2D eigenvalue weighted by Crippen LogP contribution is 2.75. The molecule has 0 aromatic heterocycles. The second-order valence-electron chi connectivity index (χ2n) is 15.2. The molecular formula is C40H46O10. The molecule has 0 aliphatic heterocycles. The molecule has 4 aliphatic carbocycles. The summed E-state index contributed by atoms with van der Waals surface area (Å²) < 4.78 is 18.3. The van der Waals surface area contributed by atoms with Crippen molar-refractivity contribution in [2.75, 3.05) is 13.2 Å². The molecule has 10 heteroatoms. The average Bonchev–Trinajstić information content (AvgIpc) is 3.55. The Kier molecular flexibility index (Phi) is 8.98. The van der Waals surface area contributed by atoms with Crippen LogP contribution in [-0.4, -0.2) is 75.6 Å². The molecule has 0 saturated heterocycles. The minimum atomic E-state index is -2.41. The number of aliphatic hydroxyl groups is 3. The highest BCUT2D eigenvalue weighted by molar-refractivity contribution is 5.96. The van der Waals surface area contributed by atoms with Crippen LogP contribution in [0.3, 0.4) is 0 Å². The number of ketones is 1. The molecule has 2 bridgehead atoms. The molecule has 2 fully saturated rings.